The van der Waals surface area contributed by atoms with E-state index in [1.54, 1.807) is 0 Å². The molecule has 2 heteroatoms. The molecule has 0 heterocycles. The number of aliphatic hydroxyl groups excluding tert-OH is 1. The maximum Gasteiger partial charge on any atom is 0.148 e. The molecule has 1 atom stereocenters. The van der Waals surface area contributed by atoms with Crippen molar-refractivity contribution < 1.29 is 5.11 Å². The van der Waals surface area contributed by atoms with E-state index in [0.717, 1.165) is 18.4 Å². The minimum Gasteiger partial charge on any atom is -0.388 e. The van der Waals surface area contributed by atoms with Crippen LogP contribution < -0.4 is 5.46 Å². The fraction of sp³-hybridized carbons (Fsp3) is 0.538. The van der Waals surface area contributed by atoms with Crippen LogP contribution in [0.25, 0.3) is 0 Å². The molecule has 81 valence electrons. The van der Waals surface area contributed by atoms with Gasteiger partial charge >= 0.3 is 0 Å². The van der Waals surface area contributed by atoms with Gasteiger partial charge in [0.05, 0.1) is 6.10 Å². The van der Waals surface area contributed by atoms with Crippen molar-refractivity contribution in [2.24, 2.45) is 0 Å². The normalized spacial score (nSPS) is 12.5. The highest BCUT2D eigenvalue weighted by atomic mass is 16.3. The van der Waals surface area contributed by atoms with Crippen LogP contribution in [0.2, 0.25) is 6.82 Å². The molecule has 1 rings (SSSR count). The van der Waals surface area contributed by atoms with E-state index < -0.39 is 0 Å². The van der Waals surface area contributed by atoms with Crippen molar-refractivity contribution in [1.82, 2.24) is 0 Å². The highest BCUT2D eigenvalue weighted by molar-refractivity contribution is 6.51. The fourth-order valence-corrected chi connectivity index (χ4v) is 1.66. The molecule has 1 radical (unpaired) electrons. The minimum absolute atomic E-state index is 0.289. The summed E-state index contributed by atoms with van der Waals surface area (Å²) in [4.78, 5) is 0. The van der Waals surface area contributed by atoms with E-state index in [1.165, 1.54) is 18.3 Å². The van der Waals surface area contributed by atoms with E-state index in [2.05, 4.69) is 26.3 Å². The third-order valence-corrected chi connectivity index (χ3v) is 2.74. The second-order valence-electron chi connectivity index (χ2n) is 3.97. The van der Waals surface area contributed by atoms with E-state index in [4.69, 9.17) is 0 Å². The molecule has 0 aliphatic heterocycles. The second-order valence-corrected chi connectivity index (χ2v) is 3.97. The van der Waals surface area contributed by atoms with Gasteiger partial charge in [-0.15, -0.1) is 0 Å². The predicted molar refractivity (Wildman–Crippen MR) is 66.8 cm³/mol. The zero-order valence-electron chi connectivity index (χ0n) is 9.74. The maximum absolute atomic E-state index is 9.90. The van der Waals surface area contributed by atoms with Crippen LogP contribution in [0.1, 0.15) is 44.3 Å². The van der Waals surface area contributed by atoms with Gasteiger partial charge in [-0.05, 0) is 12.0 Å². The van der Waals surface area contributed by atoms with E-state index >= 15 is 0 Å². The van der Waals surface area contributed by atoms with Gasteiger partial charge in [-0.1, -0.05) is 62.7 Å². The van der Waals surface area contributed by atoms with Gasteiger partial charge < -0.3 is 5.11 Å². The fourth-order valence-electron chi connectivity index (χ4n) is 1.66. The summed E-state index contributed by atoms with van der Waals surface area (Å²) in [7, 11) is 2.06. The zero-order valence-corrected chi connectivity index (χ0v) is 9.74. The number of hydrogen-bond donors (Lipinski definition) is 1. The van der Waals surface area contributed by atoms with Crippen LogP contribution in [0.4, 0.5) is 0 Å². The summed E-state index contributed by atoms with van der Waals surface area (Å²) in [5.74, 6) is 0. The molecule has 0 aliphatic carbocycles. The summed E-state index contributed by atoms with van der Waals surface area (Å²) in [5, 5.41) is 9.90. The molecular weight excluding hydrogens is 183 g/mol. The summed E-state index contributed by atoms with van der Waals surface area (Å²) >= 11 is 0. The Bertz CT molecular complexity index is 268. The summed E-state index contributed by atoms with van der Waals surface area (Å²) in [6, 6.07) is 8.15. The van der Waals surface area contributed by atoms with Crippen LogP contribution in [0.3, 0.4) is 0 Å². The van der Waals surface area contributed by atoms with Crippen molar-refractivity contribution in [3.8, 4) is 0 Å². The molecule has 0 bridgehead atoms. The molecule has 0 spiro atoms. The number of benzene rings is 1. The van der Waals surface area contributed by atoms with Crippen LogP contribution in [0, 0.1) is 0 Å². The molecular formula is C13H20BO. The SMILES string of the molecule is C[B]c1ccc(C(O)CCCCC)cc1. The quantitative estimate of drug-likeness (QED) is 0.556. The third-order valence-electron chi connectivity index (χ3n) is 2.74. The van der Waals surface area contributed by atoms with Gasteiger partial charge in [-0.25, -0.2) is 0 Å². The van der Waals surface area contributed by atoms with Crippen molar-refractivity contribution in [1.29, 1.82) is 0 Å². The molecule has 1 nitrogen and oxygen atoms in total. The summed E-state index contributed by atoms with van der Waals surface area (Å²) < 4.78 is 0. The van der Waals surface area contributed by atoms with Crippen LogP contribution >= 0.6 is 0 Å². The molecule has 0 saturated carbocycles. The number of unbranched alkanes of at least 4 members (excludes halogenated alkanes) is 2. The van der Waals surface area contributed by atoms with Gasteiger partial charge in [0.25, 0.3) is 0 Å². The Morgan fingerprint density at radius 2 is 1.87 bits per heavy atom. The Balaban J connectivity index is 2.46. The van der Waals surface area contributed by atoms with Crippen LogP contribution in [-0.2, 0) is 0 Å². The highest BCUT2D eigenvalue weighted by Gasteiger charge is 2.06. The van der Waals surface area contributed by atoms with Gasteiger partial charge in [0.15, 0.2) is 0 Å². The highest BCUT2D eigenvalue weighted by Crippen LogP contribution is 2.18. The molecule has 0 fully saturated rings. The average Bonchev–Trinajstić information content (AvgIpc) is 2.29. The first-order valence-corrected chi connectivity index (χ1v) is 5.85. The average molecular weight is 203 g/mol. The van der Waals surface area contributed by atoms with Crippen molar-refractivity contribution in [3.63, 3.8) is 0 Å². The molecule has 15 heavy (non-hydrogen) atoms. The third kappa shape index (κ3) is 4.09. The number of rotatable bonds is 6. The van der Waals surface area contributed by atoms with Crippen molar-refractivity contribution in [3.05, 3.63) is 29.8 Å². The summed E-state index contributed by atoms with van der Waals surface area (Å²) in [6.45, 7) is 4.20. The summed E-state index contributed by atoms with van der Waals surface area (Å²) in [6.07, 6.45) is 4.11. The molecule has 0 aliphatic rings. The first kappa shape index (κ1) is 12.3. The van der Waals surface area contributed by atoms with Gasteiger partial charge in [0.2, 0.25) is 0 Å². The van der Waals surface area contributed by atoms with Crippen molar-refractivity contribution in [2.75, 3.05) is 0 Å². The molecule has 1 unspecified atom stereocenters. The lowest BCUT2D eigenvalue weighted by Crippen LogP contribution is -2.10. The molecule has 0 aromatic heterocycles. The zero-order chi connectivity index (χ0) is 11.1. The number of hydrogen-bond acceptors (Lipinski definition) is 1. The van der Waals surface area contributed by atoms with E-state index in [1.807, 2.05) is 19.0 Å². The van der Waals surface area contributed by atoms with Crippen LogP contribution in [0.15, 0.2) is 24.3 Å². The van der Waals surface area contributed by atoms with Gasteiger partial charge in [-0.2, -0.15) is 0 Å². The van der Waals surface area contributed by atoms with Crippen molar-refractivity contribution >= 4 is 12.7 Å². The van der Waals surface area contributed by atoms with Gasteiger partial charge in [0.1, 0.15) is 7.28 Å². The van der Waals surface area contributed by atoms with Crippen LogP contribution in [-0.4, -0.2) is 12.4 Å². The lowest BCUT2D eigenvalue weighted by Gasteiger charge is -2.10. The maximum atomic E-state index is 9.90. The van der Waals surface area contributed by atoms with E-state index in [9.17, 15) is 5.11 Å². The Morgan fingerprint density at radius 3 is 2.40 bits per heavy atom. The Kier molecular flexibility index (Phi) is 5.48. The second kappa shape index (κ2) is 6.68. The predicted octanol–water partition coefficient (Wildman–Crippen LogP) is 2.68. The smallest absolute Gasteiger partial charge is 0.148 e. The molecule has 0 saturated heterocycles. The van der Waals surface area contributed by atoms with E-state index in [0.29, 0.717) is 0 Å². The first-order chi connectivity index (χ1) is 7.27. The minimum atomic E-state index is -0.289. The van der Waals surface area contributed by atoms with Crippen molar-refractivity contribution in [2.45, 2.75) is 45.5 Å². The molecule has 0 amide bonds. The largest absolute Gasteiger partial charge is 0.388 e. The lowest BCUT2D eigenvalue weighted by molar-refractivity contribution is 0.163. The number of aliphatic hydroxyl groups is 1. The Hall–Kier alpha value is -0.755. The topological polar surface area (TPSA) is 20.2 Å². The Labute approximate surface area is 93.8 Å². The summed E-state index contributed by atoms with van der Waals surface area (Å²) in [5.41, 5.74) is 2.25. The Morgan fingerprint density at radius 1 is 1.20 bits per heavy atom. The first-order valence-electron chi connectivity index (χ1n) is 5.85. The van der Waals surface area contributed by atoms with Gasteiger partial charge in [-0.3, -0.25) is 0 Å². The lowest BCUT2D eigenvalue weighted by atomic mass is 9.73. The standard InChI is InChI=1S/C13H20BO/c1-3-4-5-6-13(15)11-7-9-12(14-2)10-8-11/h7-10,13,15H,3-6H2,1-2H3. The monoisotopic (exact) mass is 203 g/mol. The van der Waals surface area contributed by atoms with Crippen LogP contribution in [0.5, 0.6) is 0 Å². The van der Waals surface area contributed by atoms with Gasteiger partial charge in [0, 0.05) is 0 Å². The van der Waals surface area contributed by atoms with E-state index in [-0.39, 0.29) is 6.10 Å². The molecule has 1 aromatic carbocycles. The molecule has 1 aromatic rings. The molecule has 1 N–H and O–H groups in total.